The molecule has 1 aromatic rings. The van der Waals surface area contributed by atoms with Gasteiger partial charge >= 0.3 is 6.18 Å². The Morgan fingerprint density at radius 3 is 2.44 bits per heavy atom. The van der Waals surface area contributed by atoms with Crippen LogP contribution in [0.5, 0.6) is 5.75 Å². The fourth-order valence-corrected chi connectivity index (χ4v) is 1.43. The van der Waals surface area contributed by atoms with Crippen molar-refractivity contribution in [2.45, 2.75) is 12.2 Å². The quantitative estimate of drug-likeness (QED) is 0.854. The van der Waals surface area contributed by atoms with Gasteiger partial charge in [0.25, 0.3) is 0 Å². The highest BCUT2D eigenvalue weighted by atomic mass is 19.4. The summed E-state index contributed by atoms with van der Waals surface area (Å²) in [6.07, 6.45) is -4.41. The summed E-state index contributed by atoms with van der Waals surface area (Å²) >= 11 is 0. The summed E-state index contributed by atoms with van der Waals surface area (Å²) < 4.78 is 48.2. The van der Waals surface area contributed by atoms with E-state index in [0.717, 1.165) is 6.07 Å². The molecular formula is C12H16F3NO2. The van der Waals surface area contributed by atoms with E-state index in [1.807, 2.05) is 0 Å². The van der Waals surface area contributed by atoms with E-state index in [9.17, 15) is 13.2 Å². The smallest absolute Gasteiger partial charge is 0.419 e. The first kappa shape index (κ1) is 14.8. The van der Waals surface area contributed by atoms with Crippen LogP contribution in [0, 0.1) is 0 Å². The Hall–Kier alpha value is -1.27. The molecule has 102 valence electrons. The molecular weight excluding hydrogens is 247 g/mol. The summed E-state index contributed by atoms with van der Waals surface area (Å²) in [6.45, 7) is 0.474. The van der Waals surface area contributed by atoms with Gasteiger partial charge in [0.15, 0.2) is 0 Å². The van der Waals surface area contributed by atoms with Gasteiger partial charge in [0.1, 0.15) is 12.4 Å². The van der Waals surface area contributed by atoms with Gasteiger partial charge in [0.05, 0.1) is 18.2 Å². The zero-order valence-corrected chi connectivity index (χ0v) is 10.3. The molecule has 1 unspecified atom stereocenters. The minimum atomic E-state index is -4.41. The van der Waals surface area contributed by atoms with Crippen molar-refractivity contribution in [2.24, 2.45) is 0 Å². The average Bonchev–Trinajstić information content (AvgIpc) is 2.33. The maximum absolute atomic E-state index is 12.7. The van der Waals surface area contributed by atoms with Gasteiger partial charge in [-0.25, -0.2) is 0 Å². The summed E-state index contributed by atoms with van der Waals surface area (Å²) in [7, 11) is 3.22. The number of halogens is 3. The van der Waals surface area contributed by atoms with Crippen molar-refractivity contribution >= 4 is 0 Å². The second kappa shape index (κ2) is 6.61. The van der Waals surface area contributed by atoms with Gasteiger partial charge < -0.3 is 14.8 Å². The van der Waals surface area contributed by atoms with Crippen molar-refractivity contribution in [3.8, 4) is 5.75 Å². The van der Waals surface area contributed by atoms with Gasteiger partial charge in [-0.1, -0.05) is 12.1 Å². The van der Waals surface area contributed by atoms with Crippen LogP contribution in [0.2, 0.25) is 0 Å². The normalized spacial score (nSPS) is 13.4. The summed E-state index contributed by atoms with van der Waals surface area (Å²) in [5, 5.41) is 2.90. The first-order valence-electron chi connectivity index (χ1n) is 5.44. The standard InChI is InChI=1S/C12H16F3NO2/c1-16-9(7-17-2)8-18-11-6-4-3-5-10(11)12(13,14)15/h3-6,9,16H,7-8H2,1-2H3. The lowest BCUT2D eigenvalue weighted by atomic mass is 10.2. The lowest BCUT2D eigenvalue weighted by Crippen LogP contribution is -2.36. The van der Waals surface area contributed by atoms with E-state index in [0.29, 0.717) is 6.61 Å². The molecule has 0 aliphatic rings. The molecule has 0 aromatic heterocycles. The zero-order chi connectivity index (χ0) is 13.6. The molecule has 0 heterocycles. The number of alkyl halides is 3. The number of rotatable bonds is 6. The van der Waals surface area contributed by atoms with Gasteiger partial charge in [-0.3, -0.25) is 0 Å². The molecule has 0 spiro atoms. The van der Waals surface area contributed by atoms with Crippen molar-refractivity contribution in [2.75, 3.05) is 27.4 Å². The second-order valence-corrected chi connectivity index (χ2v) is 3.75. The first-order chi connectivity index (χ1) is 8.49. The Bertz CT molecular complexity index is 369. The Morgan fingerprint density at radius 1 is 1.22 bits per heavy atom. The molecule has 0 aliphatic heterocycles. The van der Waals surface area contributed by atoms with E-state index in [1.54, 1.807) is 7.05 Å². The van der Waals surface area contributed by atoms with Crippen molar-refractivity contribution in [3.63, 3.8) is 0 Å². The van der Waals surface area contributed by atoms with Crippen LogP contribution in [-0.4, -0.2) is 33.4 Å². The average molecular weight is 263 g/mol. The van der Waals surface area contributed by atoms with Crippen LogP contribution >= 0.6 is 0 Å². The first-order valence-corrected chi connectivity index (χ1v) is 5.44. The molecule has 0 radical (unpaired) electrons. The largest absolute Gasteiger partial charge is 0.491 e. The Balaban J connectivity index is 2.73. The third kappa shape index (κ3) is 4.19. The number of ether oxygens (including phenoxy) is 2. The minimum Gasteiger partial charge on any atom is -0.491 e. The number of para-hydroxylation sites is 1. The number of likely N-dealkylation sites (N-methyl/N-ethyl adjacent to an activating group) is 1. The second-order valence-electron chi connectivity index (χ2n) is 3.75. The Morgan fingerprint density at radius 2 is 1.89 bits per heavy atom. The predicted octanol–water partition coefficient (Wildman–Crippen LogP) is 2.32. The summed E-state index contributed by atoms with van der Waals surface area (Å²) in [6, 6.07) is 4.99. The van der Waals surface area contributed by atoms with Gasteiger partial charge in [-0.15, -0.1) is 0 Å². The number of benzene rings is 1. The van der Waals surface area contributed by atoms with Crippen molar-refractivity contribution in [3.05, 3.63) is 29.8 Å². The zero-order valence-electron chi connectivity index (χ0n) is 10.3. The molecule has 6 heteroatoms. The summed E-state index contributed by atoms with van der Waals surface area (Å²) in [5.41, 5.74) is -0.766. The SMILES string of the molecule is CNC(COC)COc1ccccc1C(F)(F)F. The molecule has 1 atom stereocenters. The van der Waals surface area contributed by atoms with E-state index in [-0.39, 0.29) is 18.4 Å². The molecule has 1 N–H and O–H groups in total. The van der Waals surface area contributed by atoms with Crippen LogP contribution in [-0.2, 0) is 10.9 Å². The highest BCUT2D eigenvalue weighted by Crippen LogP contribution is 2.35. The van der Waals surface area contributed by atoms with Gasteiger partial charge in [0.2, 0.25) is 0 Å². The molecule has 0 saturated carbocycles. The van der Waals surface area contributed by atoms with E-state index in [4.69, 9.17) is 9.47 Å². The van der Waals surface area contributed by atoms with Crippen LogP contribution < -0.4 is 10.1 Å². The highest BCUT2D eigenvalue weighted by molar-refractivity contribution is 5.35. The molecule has 1 rings (SSSR count). The summed E-state index contributed by atoms with van der Waals surface area (Å²) in [5.74, 6) is -0.165. The Labute approximate surface area is 104 Å². The Kier molecular flexibility index (Phi) is 5.43. The molecule has 0 saturated heterocycles. The van der Waals surface area contributed by atoms with Crippen LogP contribution in [0.3, 0.4) is 0 Å². The summed E-state index contributed by atoms with van der Waals surface area (Å²) in [4.78, 5) is 0. The van der Waals surface area contributed by atoms with Gasteiger partial charge in [0, 0.05) is 7.11 Å². The third-order valence-electron chi connectivity index (χ3n) is 2.41. The number of hydrogen-bond donors (Lipinski definition) is 1. The molecule has 1 aromatic carbocycles. The monoisotopic (exact) mass is 263 g/mol. The van der Waals surface area contributed by atoms with Crippen LogP contribution in [0.4, 0.5) is 13.2 Å². The van der Waals surface area contributed by atoms with Crippen molar-refractivity contribution in [1.82, 2.24) is 5.32 Å². The fraction of sp³-hybridized carbons (Fsp3) is 0.500. The third-order valence-corrected chi connectivity index (χ3v) is 2.41. The van der Waals surface area contributed by atoms with Crippen LogP contribution in [0.15, 0.2) is 24.3 Å². The van der Waals surface area contributed by atoms with Gasteiger partial charge in [-0.05, 0) is 19.2 Å². The topological polar surface area (TPSA) is 30.5 Å². The van der Waals surface area contributed by atoms with Crippen molar-refractivity contribution < 1.29 is 22.6 Å². The maximum atomic E-state index is 12.7. The van der Waals surface area contributed by atoms with E-state index >= 15 is 0 Å². The lowest BCUT2D eigenvalue weighted by molar-refractivity contribution is -0.139. The fourth-order valence-electron chi connectivity index (χ4n) is 1.43. The molecule has 0 amide bonds. The molecule has 18 heavy (non-hydrogen) atoms. The molecule has 3 nitrogen and oxygen atoms in total. The van der Waals surface area contributed by atoms with Crippen LogP contribution in [0.25, 0.3) is 0 Å². The number of methoxy groups -OCH3 is 1. The van der Waals surface area contributed by atoms with Gasteiger partial charge in [-0.2, -0.15) is 13.2 Å². The molecule has 0 aliphatic carbocycles. The maximum Gasteiger partial charge on any atom is 0.419 e. The predicted molar refractivity (Wildman–Crippen MR) is 61.7 cm³/mol. The van der Waals surface area contributed by atoms with Crippen molar-refractivity contribution in [1.29, 1.82) is 0 Å². The van der Waals surface area contributed by atoms with E-state index in [1.165, 1.54) is 25.3 Å². The lowest BCUT2D eigenvalue weighted by Gasteiger charge is -2.18. The highest BCUT2D eigenvalue weighted by Gasteiger charge is 2.34. The minimum absolute atomic E-state index is 0.109. The van der Waals surface area contributed by atoms with E-state index in [2.05, 4.69) is 5.32 Å². The molecule has 0 bridgehead atoms. The van der Waals surface area contributed by atoms with E-state index < -0.39 is 11.7 Å². The number of hydrogen-bond acceptors (Lipinski definition) is 3. The molecule has 0 fully saturated rings. The van der Waals surface area contributed by atoms with Crippen LogP contribution in [0.1, 0.15) is 5.56 Å². The number of nitrogens with one attached hydrogen (secondary N) is 1.